The number of halogens is 2. The number of nitro benzene ring substituents is 1. The Hall–Kier alpha value is -2.56. The van der Waals surface area contributed by atoms with E-state index in [0.29, 0.717) is 5.56 Å². The van der Waals surface area contributed by atoms with E-state index in [1.165, 1.54) is 36.4 Å². The quantitative estimate of drug-likeness (QED) is 0.475. The number of nitrogens with zero attached hydrogens (tertiary/aromatic N) is 1. The van der Waals surface area contributed by atoms with E-state index >= 15 is 0 Å². The van der Waals surface area contributed by atoms with E-state index in [9.17, 15) is 18.9 Å². The Morgan fingerprint density at radius 2 is 1.84 bits per heavy atom. The first-order chi connectivity index (χ1) is 9.06. The van der Waals surface area contributed by atoms with Crippen molar-refractivity contribution >= 4 is 17.8 Å². The first-order valence-electron chi connectivity index (χ1n) is 5.44. The predicted octanol–water partition coefficient (Wildman–Crippen LogP) is 4.04. The lowest BCUT2D eigenvalue weighted by atomic mass is 10.1. The molecule has 0 heterocycles. The Morgan fingerprint density at radius 1 is 1.05 bits per heavy atom. The van der Waals surface area contributed by atoms with E-state index in [0.717, 1.165) is 6.07 Å². The van der Waals surface area contributed by atoms with Crippen LogP contribution in [0, 0.1) is 21.7 Å². The monoisotopic (exact) mass is 261 g/mol. The van der Waals surface area contributed by atoms with E-state index in [1.54, 1.807) is 12.1 Å². The topological polar surface area (TPSA) is 43.1 Å². The normalized spacial score (nSPS) is 10.8. The van der Waals surface area contributed by atoms with Gasteiger partial charge in [0.2, 0.25) is 0 Å². The van der Waals surface area contributed by atoms with Crippen LogP contribution >= 0.6 is 0 Å². The van der Waals surface area contributed by atoms with Crippen LogP contribution in [0.25, 0.3) is 12.2 Å². The van der Waals surface area contributed by atoms with Crippen molar-refractivity contribution in [3.63, 3.8) is 0 Å². The minimum atomic E-state index is -0.693. The lowest BCUT2D eigenvalue weighted by Crippen LogP contribution is -1.90. The fourth-order valence-corrected chi connectivity index (χ4v) is 1.56. The lowest BCUT2D eigenvalue weighted by Gasteiger charge is -1.98. The Labute approximate surface area is 108 Å². The van der Waals surface area contributed by atoms with Gasteiger partial charge in [-0.1, -0.05) is 24.3 Å². The van der Waals surface area contributed by atoms with E-state index < -0.39 is 10.7 Å². The van der Waals surface area contributed by atoms with Crippen molar-refractivity contribution in [1.82, 2.24) is 0 Å². The molecule has 0 radical (unpaired) electrons. The van der Waals surface area contributed by atoms with Gasteiger partial charge in [-0.3, -0.25) is 10.1 Å². The smallest absolute Gasteiger partial charge is 0.258 e. The maximum Gasteiger partial charge on any atom is 0.272 e. The Bertz CT molecular complexity index is 654. The summed E-state index contributed by atoms with van der Waals surface area (Å²) in [6.07, 6.45) is 2.97. The van der Waals surface area contributed by atoms with Crippen LogP contribution in [0.5, 0.6) is 0 Å². The molecule has 0 bridgehead atoms. The zero-order valence-corrected chi connectivity index (χ0v) is 9.72. The summed E-state index contributed by atoms with van der Waals surface area (Å²) >= 11 is 0. The SMILES string of the molecule is O=[N+]([O-])c1ccc(/C=C/c2cccc(F)c2)c(F)c1. The molecule has 0 aliphatic rings. The van der Waals surface area contributed by atoms with Crippen molar-refractivity contribution in [1.29, 1.82) is 0 Å². The van der Waals surface area contributed by atoms with Crippen LogP contribution in [0.15, 0.2) is 42.5 Å². The van der Waals surface area contributed by atoms with Gasteiger partial charge in [0.1, 0.15) is 11.6 Å². The number of hydrogen-bond acceptors (Lipinski definition) is 2. The van der Waals surface area contributed by atoms with Crippen molar-refractivity contribution in [3.05, 3.63) is 75.3 Å². The molecule has 0 aromatic heterocycles. The average molecular weight is 261 g/mol. The molecule has 0 aliphatic heterocycles. The third kappa shape index (κ3) is 3.22. The van der Waals surface area contributed by atoms with Gasteiger partial charge in [0, 0.05) is 11.6 Å². The molecule has 0 saturated carbocycles. The maximum atomic E-state index is 13.6. The Balaban J connectivity index is 2.26. The van der Waals surface area contributed by atoms with Gasteiger partial charge in [-0.15, -0.1) is 0 Å². The minimum absolute atomic E-state index is 0.204. The van der Waals surface area contributed by atoms with Crippen molar-refractivity contribution in [3.8, 4) is 0 Å². The fourth-order valence-electron chi connectivity index (χ4n) is 1.56. The number of hydrogen-bond donors (Lipinski definition) is 0. The van der Waals surface area contributed by atoms with Crippen molar-refractivity contribution in [2.45, 2.75) is 0 Å². The van der Waals surface area contributed by atoms with Crippen LogP contribution < -0.4 is 0 Å². The van der Waals surface area contributed by atoms with Crippen LogP contribution in [-0.2, 0) is 0 Å². The summed E-state index contributed by atoms with van der Waals surface area (Å²) < 4.78 is 26.5. The van der Waals surface area contributed by atoms with Gasteiger partial charge < -0.3 is 0 Å². The molecule has 2 aromatic rings. The Kier molecular flexibility index (Phi) is 3.66. The summed E-state index contributed by atoms with van der Waals surface area (Å²) in [7, 11) is 0. The zero-order chi connectivity index (χ0) is 13.8. The molecule has 0 atom stereocenters. The highest BCUT2D eigenvalue weighted by Gasteiger charge is 2.08. The summed E-state index contributed by atoms with van der Waals surface area (Å²) in [5, 5.41) is 10.5. The first kappa shape index (κ1) is 12.9. The molecule has 0 aliphatic carbocycles. The lowest BCUT2D eigenvalue weighted by molar-refractivity contribution is -0.385. The highest BCUT2D eigenvalue weighted by atomic mass is 19.1. The summed E-state index contributed by atoms with van der Waals surface area (Å²) in [5.74, 6) is -1.08. The highest BCUT2D eigenvalue weighted by molar-refractivity contribution is 5.70. The van der Waals surface area contributed by atoms with Crippen LogP contribution in [0.2, 0.25) is 0 Å². The van der Waals surface area contributed by atoms with E-state index in [1.807, 2.05) is 0 Å². The van der Waals surface area contributed by atoms with Crippen molar-refractivity contribution in [2.24, 2.45) is 0 Å². The summed E-state index contributed by atoms with van der Waals surface area (Å²) in [6.45, 7) is 0. The molecule has 2 aromatic carbocycles. The highest BCUT2D eigenvalue weighted by Crippen LogP contribution is 2.18. The van der Waals surface area contributed by atoms with Crippen molar-refractivity contribution < 1.29 is 13.7 Å². The first-order valence-corrected chi connectivity index (χ1v) is 5.44. The molecule has 0 spiro atoms. The van der Waals surface area contributed by atoms with E-state index in [4.69, 9.17) is 0 Å². The second kappa shape index (κ2) is 5.39. The molecule has 19 heavy (non-hydrogen) atoms. The second-order valence-corrected chi connectivity index (χ2v) is 3.85. The van der Waals surface area contributed by atoms with Crippen LogP contribution in [0.3, 0.4) is 0 Å². The van der Waals surface area contributed by atoms with E-state index in [-0.39, 0.29) is 17.1 Å². The van der Waals surface area contributed by atoms with Crippen LogP contribution in [0.1, 0.15) is 11.1 Å². The zero-order valence-electron chi connectivity index (χ0n) is 9.72. The van der Waals surface area contributed by atoms with Gasteiger partial charge in [-0.25, -0.2) is 8.78 Å². The van der Waals surface area contributed by atoms with Gasteiger partial charge >= 0.3 is 0 Å². The Morgan fingerprint density at radius 3 is 2.47 bits per heavy atom. The van der Waals surface area contributed by atoms with Gasteiger partial charge in [0.15, 0.2) is 0 Å². The molecule has 3 nitrogen and oxygen atoms in total. The number of nitro groups is 1. The summed E-state index contributed by atoms with van der Waals surface area (Å²) in [5.41, 5.74) is 0.480. The van der Waals surface area contributed by atoms with Gasteiger partial charge in [0.05, 0.1) is 11.0 Å². The fraction of sp³-hybridized carbons (Fsp3) is 0. The minimum Gasteiger partial charge on any atom is -0.258 e. The van der Waals surface area contributed by atoms with Crippen molar-refractivity contribution in [2.75, 3.05) is 0 Å². The third-order valence-electron chi connectivity index (χ3n) is 2.50. The van der Waals surface area contributed by atoms with Gasteiger partial charge in [0.25, 0.3) is 5.69 Å². The molecular formula is C14H9F2NO2. The molecule has 0 N–H and O–H groups in total. The molecule has 2 rings (SSSR count). The number of benzene rings is 2. The van der Waals surface area contributed by atoms with Gasteiger partial charge in [-0.2, -0.15) is 0 Å². The number of rotatable bonds is 3. The van der Waals surface area contributed by atoms with Crippen LogP contribution in [0.4, 0.5) is 14.5 Å². The third-order valence-corrected chi connectivity index (χ3v) is 2.50. The molecule has 5 heteroatoms. The molecular weight excluding hydrogens is 252 g/mol. The molecule has 0 amide bonds. The number of non-ortho nitro benzene ring substituents is 1. The average Bonchev–Trinajstić information content (AvgIpc) is 2.37. The summed E-state index contributed by atoms with van der Waals surface area (Å²) in [4.78, 5) is 9.80. The second-order valence-electron chi connectivity index (χ2n) is 3.85. The van der Waals surface area contributed by atoms with E-state index in [2.05, 4.69) is 0 Å². The predicted molar refractivity (Wildman–Crippen MR) is 68.4 cm³/mol. The van der Waals surface area contributed by atoms with Crippen LogP contribution in [-0.4, -0.2) is 4.92 Å². The maximum absolute atomic E-state index is 13.6. The summed E-state index contributed by atoms with van der Waals surface area (Å²) in [6, 6.07) is 9.20. The molecule has 0 unspecified atom stereocenters. The van der Waals surface area contributed by atoms with Gasteiger partial charge in [-0.05, 0) is 23.8 Å². The molecule has 96 valence electrons. The molecule has 0 saturated heterocycles. The standard InChI is InChI=1S/C14H9F2NO2/c15-12-3-1-2-10(8-12)4-5-11-6-7-13(17(18)19)9-14(11)16/h1-9H/b5-4+. The largest absolute Gasteiger partial charge is 0.272 e. The molecule has 0 fully saturated rings.